The first kappa shape index (κ1) is 11.2. The van der Waals surface area contributed by atoms with Gasteiger partial charge < -0.3 is 4.74 Å². The van der Waals surface area contributed by atoms with Gasteiger partial charge in [-0.15, -0.1) is 0 Å². The van der Waals surface area contributed by atoms with Crippen LogP contribution in [0.2, 0.25) is 0 Å². The Morgan fingerprint density at radius 1 is 1.57 bits per heavy atom. The minimum Gasteiger partial charge on any atom is -0.497 e. The molecule has 1 unspecified atom stereocenters. The molecular weight excluding hydrogens is 251 g/mol. The van der Waals surface area contributed by atoms with E-state index in [1.54, 1.807) is 13.0 Å². The molecule has 0 aromatic heterocycles. The highest BCUT2D eigenvalue weighted by molar-refractivity contribution is 9.10. The quantitative estimate of drug-likeness (QED) is 0.617. The van der Waals surface area contributed by atoms with Crippen molar-refractivity contribution in [3.63, 3.8) is 0 Å². The molecule has 0 heterocycles. The van der Waals surface area contributed by atoms with Crippen LogP contribution in [0.1, 0.15) is 17.3 Å². The minimum absolute atomic E-state index is 0.0789. The molecule has 0 N–H and O–H groups in total. The van der Waals surface area contributed by atoms with Crippen molar-refractivity contribution in [1.29, 1.82) is 0 Å². The summed E-state index contributed by atoms with van der Waals surface area (Å²) in [6, 6.07) is 4.18. The summed E-state index contributed by atoms with van der Waals surface area (Å²) < 4.78 is 18.2. The molecule has 0 aliphatic carbocycles. The molecule has 1 aromatic rings. The summed E-state index contributed by atoms with van der Waals surface area (Å²) in [6.45, 7) is 1.66. The summed E-state index contributed by atoms with van der Waals surface area (Å²) in [5, 5.41) is 0. The van der Waals surface area contributed by atoms with Crippen LogP contribution in [0.15, 0.2) is 18.2 Å². The normalized spacial score (nSPS) is 12.3. The zero-order chi connectivity index (χ0) is 10.7. The monoisotopic (exact) mass is 260 g/mol. The number of ketones is 1. The van der Waals surface area contributed by atoms with E-state index in [1.807, 2.05) is 0 Å². The van der Waals surface area contributed by atoms with Crippen molar-refractivity contribution in [2.24, 2.45) is 0 Å². The highest BCUT2D eigenvalue weighted by Gasteiger charge is 2.16. The van der Waals surface area contributed by atoms with Gasteiger partial charge in [0.1, 0.15) is 11.6 Å². The van der Waals surface area contributed by atoms with Gasteiger partial charge in [0.05, 0.1) is 17.5 Å². The van der Waals surface area contributed by atoms with Crippen molar-refractivity contribution in [3.8, 4) is 5.75 Å². The largest absolute Gasteiger partial charge is 0.497 e. The third-order valence-electron chi connectivity index (χ3n) is 1.80. The molecule has 0 amide bonds. The molecule has 0 aliphatic heterocycles. The number of alkyl halides is 1. The fourth-order valence-corrected chi connectivity index (χ4v) is 1.28. The topological polar surface area (TPSA) is 26.3 Å². The third kappa shape index (κ3) is 2.32. The fourth-order valence-electron chi connectivity index (χ4n) is 1.04. The van der Waals surface area contributed by atoms with Crippen LogP contribution in [0.4, 0.5) is 4.39 Å². The predicted octanol–water partition coefficient (Wildman–Crippen LogP) is 2.80. The van der Waals surface area contributed by atoms with Crippen LogP contribution >= 0.6 is 15.9 Å². The molecule has 0 aliphatic rings. The zero-order valence-electron chi connectivity index (χ0n) is 7.88. The average molecular weight is 261 g/mol. The van der Waals surface area contributed by atoms with Gasteiger partial charge in [-0.3, -0.25) is 4.79 Å². The average Bonchev–Trinajstić information content (AvgIpc) is 2.16. The summed E-state index contributed by atoms with van der Waals surface area (Å²) in [6.07, 6.45) is 0. The van der Waals surface area contributed by atoms with Crippen LogP contribution in [0.25, 0.3) is 0 Å². The molecule has 2 nitrogen and oxygen atoms in total. The standard InChI is InChI=1S/C10H10BrFO2/c1-6(11)10(13)8-4-3-7(14-2)5-9(8)12/h3-6H,1-2H3. The summed E-state index contributed by atoms with van der Waals surface area (Å²) in [4.78, 5) is 11.1. The summed E-state index contributed by atoms with van der Waals surface area (Å²) in [7, 11) is 1.45. The van der Waals surface area contributed by atoms with Crippen LogP contribution in [0, 0.1) is 5.82 Å². The zero-order valence-corrected chi connectivity index (χ0v) is 9.47. The molecule has 0 radical (unpaired) electrons. The first-order valence-electron chi connectivity index (χ1n) is 4.08. The second-order valence-electron chi connectivity index (χ2n) is 2.83. The molecule has 0 saturated carbocycles. The van der Waals surface area contributed by atoms with Gasteiger partial charge in [0.2, 0.25) is 0 Å². The summed E-state index contributed by atoms with van der Waals surface area (Å²) >= 11 is 3.10. The lowest BCUT2D eigenvalue weighted by molar-refractivity contribution is 0.0992. The molecule has 1 atom stereocenters. The minimum atomic E-state index is -0.555. The van der Waals surface area contributed by atoms with E-state index in [-0.39, 0.29) is 16.2 Å². The van der Waals surface area contributed by atoms with E-state index in [9.17, 15) is 9.18 Å². The Labute approximate surface area is 90.2 Å². The van der Waals surface area contributed by atoms with Crippen molar-refractivity contribution in [2.75, 3.05) is 7.11 Å². The molecule has 1 rings (SSSR count). The van der Waals surface area contributed by atoms with Crippen LogP contribution < -0.4 is 4.74 Å². The Bertz CT molecular complexity index is 350. The molecule has 76 valence electrons. The van der Waals surface area contributed by atoms with Gasteiger partial charge in [-0.05, 0) is 19.1 Å². The number of rotatable bonds is 3. The number of carbonyl (C=O) groups excluding carboxylic acids is 1. The molecule has 0 saturated heterocycles. The van der Waals surface area contributed by atoms with Crippen molar-refractivity contribution in [1.82, 2.24) is 0 Å². The number of benzene rings is 1. The molecule has 4 heteroatoms. The Hall–Kier alpha value is -0.900. The number of ether oxygens (including phenoxy) is 1. The van der Waals surface area contributed by atoms with Crippen LogP contribution in [0.5, 0.6) is 5.75 Å². The number of halogens is 2. The number of hydrogen-bond acceptors (Lipinski definition) is 2. The first-order chi connectivity index (χ1) is 6.56. The molecular formula is C10H10BrFO2. The SMILES string of the molecule is COc1ccc(C(=O)C(C)Br)c(F)c1. The molecule has 0 bridgehead atoms. The maximum absolute atomic E-state index is 13.3. The molecule has 1 aromatic carbocycles. The Kier molecular flexibility index (Phi) is 3.63. The number of Topliss-reactive ketones (excluding diaryl/α,β-unsaturated/α-hetero) is 1. The lowest BCUT2D eigenvalue weighted by Gasteiger charge is -2.05. The lowest BCUT2D eigenvalue weighted by Crippen LogP contribution is -2.11. The van der Waals surface area contributed by atoms with E-state index in [0.717, 1.165) is 0 Å². The third-order valence-corrected chi connectivity index (χ3v) is 2.22. The van der Waals surface area contributed by atoms with Crippen molar-refractivity contribution >= 4 is 21.7 Å². The van der Waals surface area contributed by atoms with E-state index < -0.39 is 5.82 Å². The van der Waals surface area contributed by atoms with E-state index in [1.165, 1.54) is 19.2 Å². The van der Waals surface area contributed by atoms with Crippen molar-refractivity contribution in [3.05, 3.63) is 29.6 Å². The Morgan fingerprint density at radius 3 is 2.64 bits per heavy atom. The van der Waals surface area contributed by atoms with E-state index in [4.69, 9.17) is 4.74 Å². The van der Waals surface area contributed by atoms with E-state index in [2.05, 4.69) is 15.9 Å². The maximum Gasteiger partial charge on any atom is 0.179 e. The summed E-state index contributed by atoms with van der Waals surface area (Å²) in [5.74, 6) is -0.424. The number of methoxy groups -OCH3 is 1. The van der Waals surface area contributed by atoms with Gasteiger partial charge in [-0.2, -0.15) is 0 Å². The van der Waals surface area contributed by atoms with E-state index in [0.29, 0.717) is 5.75 Å². The van der Waals surface area contributed by atoms with Crippen molar-refractivity contribution in [2.45, 2.75) is 11.8 Å². The van der Waals surface area contributed by atoms with Gasteiger partial charge in [-0.1, -0.05) is 15.9 Å². The second kappa shape index (κ2) is 4.55. The molecule has 0 spiro atoms. The second-order valence-corrected chi connectivity index (χ2v) is 4.20. The van der Waals surface area contributed by atoms with Gasteiger partial charge in [0, 0.05) is 6.07 Å². The lowest BCUT2D eigenvalue weighted by atomic mass is 10.1. The molecule has 0 fully saturated rings. The predicted molar refractivity (Wildman–Crippen MR) is 55.7 cm³/mol. The van der Waals surface area contributed by atoms with Gasteiger partial charge in [-0.25, -0.2) is 4.39 Å². The number of carbonyl (C=O) groups is 1. The van der Waals surface area contributed by atoms with E-state index >= 15 is 0 Å². The first-order valence-corrected chi connectivity index (χ1v) is 4.99. The van der Waals surface area contributed by atoms with Crippen LogP contribution in [-0.2, 0) is 0 Å². The number of hydrogen-bond donors (Lipinski definition) is 0. The highest BCUT2D eigenvalue weighted by Crippen LogP contribution is 2.19. The van der Waals surface area contributed by atoms with Gasteiger partial charge >= 0.3 is 0 Å². The van der Waals surface area contributed by atoms with Crippen molar-refractivity contribution < 1.29 is 13.9 Å². The van der Waals surface area contributed by atoms with Gasteiger partial charge in [0.25, 0.3) is 0 Å². The summed E-state index contributed by atoms with van der Waals surface area (Å²) in [5.41, 5.74) is 0.0789. The molecule has 14 heavy (non-hydrogen) atoms. The Balaban J connectivity index is 3.06. The Morgan fingerprint density at radius 2 is 2.21 bits per heavy atom. The van der Waals surface area contributed by atoms with Crippen LogP contribution in [0.3, 0.4) is 0 Å². The van der Waals surface area contributed by atoms with Gasteiger partial charge in [0.15, 0.2) is 5.78 Å². The smallest absolute Gasteiger partial charge is 0.179 e. The highest BCUT2D eigenvalue weighted by atomic mass is 79.9. The maximum atomic E-state index is 13.3. The fraction of sp³-hybridized carbons (Fsp3) is 0.300. The van der Waals surface area contributed by atoms with Crippen LogP contribution in [-0.4, -0.2) is 17.7 Å².